The fraction of sp³-hybridized carbons (Fsp3) is 0.222. The summed E-state index contributed by atoms with van der Waals surface area (Å²) in [6.45, 7) is -0.627. The van der Waals surface area contributed by atoms with Crippen LogP contribution in [0.5, 0.6) is 5.75 Å². The van der Waals surface area contributed by atoms with Gasteiger partial charge in [-0.25, -0.2) is 17.2 Å². The van der Waals surface area contributed by atoms with E-state index in [9.17, 15) is 22.0 Å². The minimum Gasteiger partial charge on any atom is -0.479 e. The third-order valence-corrected chi connectivity index (χ3v) is 3.19. The third kappa shape index (κ3) is 3.54. The first-order valence-electron chi connectivity index (χ1n) is 4.52. The molecule has 1 aromatic rings. The zero-order valence-corrected chi connectivity index (χ0v) is 10.6. The first-order valence-corrected chi connectivity index (χ1v) is 6.83. The van der Waals surface area contributed by atoms with Crippen molar-refractivity contribution in [2.75, 3.05) is 13.7 Å². The molecule has 100 valence electrons. The smallest absolute Gasteiger partial charge is 0.265 e. The van der Waals surface area contributed by atoms with Crippen molar-refractivity contribution in [3.63, 3.8) is 0 Å². The van der Waals surface area contributed by atoms with Crippen molar-refractivity contribution in [2.45, 2.75) is 4.90 Å². The van der Waals surface area contributed by atoms with Gasteiger partial charge in [-0.1, -0.05) is 0 Å². The molecule has 1 N–H and O–H groups in total. The lowest BCUT2D eigenvalue weighted by Gasteiger charge is -2.10. The van der Waals surface area contributed by atoms with Crippen LogP contribution in [-0.4, -0.2) is 28.0 Å². The molecule has 0 heterocycles. The maximum absolute atomic E-state index is 13.4. The van der Waals surface area contributed by atoms with E-state index in [-0.39, 0.29) is 0 Å². The SMILES string of the molecule is CNC(=O)COc1c(F)cc(F)cc1S(=O)(=O)Cl. The molecule has 18 heavy (non-hydrogen) atoms. The summed E-state index contributed by atoms with van der Waals surface area (Å²) >= 11 is 0. The molecule has 0 aliphatic rings. The molecule has 0 unspecified atom stereocenters. The number of rotatable bonds is 4. The normalized spacial score (nSPS) is 11.1. The van der Waals surface area contributed by atoms with E-state index in [4.69, 9.17) is 10.7 Å². The summed E-state index contributed by atoms with van der Waals surface area (Å²) in [5.41, 5.74) is 0. The number of ether oxygens (including phenoxy) is 1. The van der Waals surface area contributed by atoms with Crippen molar-refractivity contribution in [3.05, 3.63) is 23.8 Å². The summed E-state index contributed by atoms with van der Waals surface area (Å²) in [6.07, 6.45) is 0. The molecule has 0 atom stereocenters. The highest BCUT2D eigenvalue weighted by atomic mass is 35.7. The van der Waals surface area contributed by atoms with Crippen LogP contribution in [0.25, 0.3) is 0 Å². The second-order valence-electron chi connectivity index (χ2n) is 3.11. The number of benzene rings is 1. The van der Waals surface area contributed by atoms with Crippen LogP contribution in [-0.2, 0) is 13.8 Å². The number of amides is 1. The van der Waals surface area contributed by atoms with Crippen LogP contribution in [0.3, 0.4) is 0 Å². The quantitative estimate of drug-likeness (QED) is 0.843. The number of halogens is 3. The minimum absolute atomic E-state index is 0.421. The number of carbonyl (C=O) groups is 1. The molecule has 0 aromatic heterocycles. The fourth-order valence-electron chi connectivity index (χ4n) is 1.07. The van der Waals surface area contributed by atoms with Crippen molar-refractivity contribution in [2.24, 2.45) is 0 Å². The summed E-state index contributed by atoms with van der Waals surface area (Å²) < 4.78 is 53.2. The van der Waals surface area contributed by atoms with Gasteiger partial charge >= 0.3 is 0 Å². The molecule has 1 rings (SSSR count). The Bertz CT molecular complexity index is 576. The Kier molecular flexibility index (Phi) is 4.47. The fourth-order valence-corrected chi connectivity index (χ4v) is 2.04. The second-order valence-corrected chi connectivity index (χ2v) is 5.65. The standard InChI is InChI=1S/C9H8ClF2NO4S/c1-13-8(14)4-17-9-6(12)2-5(11)3-7(9)18(10,15)16/h2-3H,4H2,1H3,(H,13,14). The van der Waals surface area contributed by atoms with E-state index in [0.717, 1.165) is 0 Å². The van der Waals surface area contributed by atoms with E-state index in [1.54, 1.807) is 0 Å². The molecule has 1 amide bonds. The van der Waals surface area contributed by atoms with Gasteiger partial charge in [-0.2, -0.15) is 0 Å². The highest BCUT2D eigenvalue weighted by Crippen LogP contribution is 2.30. The van der Waals surface area contributed by atoms with Crippen LogP contribution in [0.2, 0.25) is 0 Å². The van der Waals surface area contributed by atoms with E-state index >= 15 is 0 Å². The summed E-state index contributed by atoms with van der Waals surface area (Å²) in [7, 11) is 1.93. The van der Waals surface area contributed by atoms with E-state index in [2.05, 4.69) is 10.1 Å². The van der Waals surface area contributed by atoms with Crippen molar-refractivity contribution in [1.82, 2.24) is 5.32 Å². The maximum atomic E-state index is 13.4. The Balaban J connectivity index is 3.21. The summed E-state index contributed by atoms with van der Waals surface area (Å²) in [4.78, 5) is 10.0. The van der Waals surface area contributed by atoms with Crippen molar-refractivity contribution in [3.8, 4) is 5.75 Å². The lowest BCUT2D eigenvalue weighted by Crippen LogP contribution is -2.25. The largest absolute Gasteiger partial charge is 0.479 e. The van der Waals surface area contributed by atoms with E-state index in [1.807, 2.05) is 0 Å². The van der Waals surface area contributed by atoms with Gasteiger partial charge in [-0.05, 0) is 6.07 Å². The predicted octanol–water partition coefficient (Wildman–Crippen LogP) is 1.02. The Morgan fingerprint density at radius 1 is 1.44 bits per heavy atom. The molecule has 0 bridgehead atoms. The van der Waals surface area contributed by atoms with Crippen molar-refractivity contribution in [1.29, 1.82) is 0 Å². The van der Waals surface area contributed by atoms with Crippen molar-refractivity contribution >= 4 is 25.6 Å². The van der Waals surface area contributed by atoms with Gasteiger partial charge in [0, 0.05) is 23.8 Å². The van der Waals surface area contributed by atoms with Gasteiger partial charge in [0.05, 0.1) is 0 Å². The van der Waals surface area contributed by atoms with Crippen LogP contribution in [0.15, 0.2) is 17.0 Å². The monoisotopic (exact) mass is 299 g/mol. The van der Waals surface area contributed by atoms with E-state index in [0.29, 0.717) is 12.1 Å². The number of likely N-dealkylation sites (N-methyl/N-ethyl adjacent to an activating group) is 1. The van der Waals surface area contributed by atoms with Gasteiger partial charge in [0.1, 0.15) is 10.7 Å². The number of hydrogen-bond donors (Lipinski definition) is 1. The third-order valence-electron chi connectivity index (χ3n) is 1.86. The first-order chi connectivity index (χ1) is 8.25. The van der Waals surface area contributed by atoms with Gasteiger partial charge in [-0.3, -0.25) is 4.79 Å². The first kappa shape index (κ1) is 14.7. The molecule has 0 aliphatic carbocycles. The van der Waals surface area contributed by atoms with Crippen LogP contribution in [0, 0.1) is 11.6 Å². The average molecular weight is 300 g/mol. The zero-order valence-electron chi connectivity index (χ0n) is 9.04. The lowest BCUT2D eigenvalue weighted by molar-refractivity contribution is -0.122. The molecule has 0 aliphatic heterocycles. The summed E-state index contributed by atoms with van der Waals surface area (Å²) in [6, 6.07) is 0.926. The highest BCUT2D eigenvalue weighted by molar-refractivity contribution is 8.13. The molecule has 0 spiro atoms. The van der Waals surface area contributed by atoms with Gasteiger partial charge in [-0.15, -0.1) is 0 Å². The molecule has 0 saturated heterocycles. The summed E-state index contributed by atoms with van der Waals surface area (Å²) in [5.74, 6) is -3.80. The molecule has 0 saturated carbocycles. The molecule has 5 nitrogen and oxygen atoms in total. The number of hydrogen-bond acceptors (Lipinski definition) is 4. The molecule has 9 heteroatoms. The van der Waals surface area contributed by atoms with Gasteiger partial charge in [0.2, 0.25) is 0 Å². The van der Waals surface area contributed by atoms with Gasteiger partial charge < -0.3 is 10.1 Å². The number of nitrogens with one attached hydrogen (secondary N) is 1. The van der Waals surface area contributed by atoms with E-state index in [1.165, 1.54) is 7.05 Å². The molecule has 0 radical (unpaired) electrons. The molecule has 1 aromatic carbocycles. The highest BCUT2D eigenvalue weighted by Gasteiger charge is 2.23. The Hall–Kier alpha value is -1.41. The molecule has 0 fully saturated rings. The van der Waals surface area contributed by atoms with Gasteiger partial charge in [0.15, 0.2) is 18.2 Å². The van der Waals surface area contributed by atoms with Crippen LogP contribution in [0.1, 0.15) is 0 Å². The van der Waals surface area contributed by atoms with Crippen LogP contribution >= 0.6 is 10.7 Å². The van der Waals surface area contributed by atoms with Crippen LogP contribution in [0.4, 0.5) is 8.78 Å². The second kappa shape index (κ2) is 5.49. The predicted molar refractivity (Wildman–Crippen MR) is 59.0 cm³/mol. The zero-order chi connectivity index (χ0) is 13.9. The van der Waals surface area contributed by atoms with E-state index < -0.39 is 43.8 Å². The molecular formula is C9H8ClF2NO4S. The Morgan fingerprint density at radius 3 is 2.56 bits per heavy atom. The summed E-state index contributed by atoms with van der Waals surface area (Å²) in [5, 5.41) is 2.18. The molecular weight excluding hydrogens is 292 g/mol. The minimum atomic E-state index is -4.40. The van der Waals surface area contributed by atoms with Crippen molar-refractivity contribution < 1.29 is 26.7 Å². The Labute approximate surface area is 106 Å². The topological polar surface area (TPSA) is 72.5 Å². The Morgan fingerprint density at radius 2 is 2.06 bits per heavy atom. The van der Waals surface area contributed by atoms with Gasteiger partial charge in [0.25, 0.3) is 15.0 Å². The average Bonchev–Trinajstić information content (AvgIpc) is 2.25. The maximum Gasteiger partial charge on any atom is 0.265 e. The lowest BCUT2D eigenvalue weighted by atomic mass is 10.3. The van der Waals surface area contributed by atoms with Crippen LogP contribution < -0.4 is 10.1 Å². The number of carbonyl (C=O) groups excluding carboxylic acids is 1.